The molecule has 1 atom stereocenters. The zero-order chi connectivity index (χ0) is 15.1. The number of pyridine rings is 1. The van der Waals surface area contributed by atoms with Gasteiger partial charge in [0.2, 0.25) is 5.88 Å². The summed E-state index contributed by atoms with van der Waals surface area (Å²) in [6, 6.07) is 4.00. The molecule has 4 rings (SSSR count). The van der Waals surface area contributed by atoms with Crippen molar-refractivity contribution in [2.24, 2.45) is 0 Å². The van der Waals surface area contributed by atoms with Crippen molar-refractivity contribution < 1.29 is 5.11 Å². The fourth-order valence-electron chi connectivity index (χ4n) is 2.72. The second-order valence-corrected chi connectivity index (χ2v) is 6.98. The van der Waals surface area contributed by atoms with Crippen molar-refractivity contribution in [2.45, 2.75) is 12.8 Å². The number of nitrogens with zero attached hydrogens (tertiary/aromatic N) is 6. The Labute approximate surface area is 141 Å². The zero-order valence-electron chi connectivity index (χ0n) is 11.4. The van der Waals surface area contributed by atoms with Crippen LogP contribution in [0.4, 0.5) is 11.5 Å². The standard InChI is InChI=1S/C13H12IN6OP/c14-22-20-12-11(16-7-10(21)17-12)13(18-20)19-6-2-3-8-9(19)4-1-5-15-8/h1,4-5,7,22H,2-3,6H2,(H,17,21). The Morgan fingerprint density at radius 2 is 2.23 bits per heavy atom. The topological polar surface area (TPSA) is 80.0 Å². The van der Waals surface area contributed by atoms with E-state index in [1.54, 1.807) is 4.45 Å². The van der Waals surface area contributed by atoms with Crippen LogP contribution >= 0.6 is 28.4 Å². The van der Waals surface area contributed by atoms with Crippen molar-refractivity contribution in [3.8, 4) is 5.88 Å². The molecule has 1 N–H and O–H groups in total. The minimum absolute atomic E-state index is 0.0874. The predicted octanol–water partition coefficient (Wildman–Crippen LogP) is 2.80. The van der Waals surface area contributed by atoms with Gasteiger partial charge in [-0.1, -0.05) is 0 Å². The van der Waals surface area contributed by atoms with Crippen molar-refractivity contribution in [3.05, 3.63) is 30.2 Å². The van der Waals surface area contributed by atoms with Crippen molar-refractivity contribution in [1.82, 2.24) is 24.5 Å². The summed E-state index contributed by atoms with van der Waals surface area (Å²) in [4.78, 5) is 15.1. The molecule has 22 heavy (non-hydrogen) atoms. The smallest absolute Gasteiger partial charge is 0.231 e. The molecule has 1 aliphatic rings. The van der Waals surface area contributed by atoms with E-state index in [0.717, 1.165) is 36.6 Å². The third-order valence-electron chi connectivity index (χ3n) is 3.64. The first-order valence-corrected chi connectivity index (χ1v) is 10.9. The van der Waals surface area contributed by atoms with E-state index in [9.17, 15) is 5.11 Å². The van der Waals surface area contributed by atoms with Crippen LogP contribution in [0.2, 0.25) is 0 Å². The highest BCUT2D eigenvalue weighted by molar-refractivity contribution is 14.2. The summed E-state index contributed by atoms with van der Waals surface area (Å²) < 4.78 is 1.78. The minimum Gasteiger partial charge on any atom is -0.492 e. The number of rotatable bonds is 2. The molecule has 0 amide bonds. The Bertz CT molecular complexity index is 854. The number of fused-ring (bicyclic) bond motifs is 2. The van der Waals surface area contributed by atoms with Gasteiger partial charge in [0.1, 0.15) is 0 Å². The maximum Gasteiger partial charge on any atom is 0.231 e. The average molecular weight is 426 g/mol. The summed E-state index contributed by atoms with van der Waals surface area (Å²) in [6.45, 7) is 0.873. The van der Waals surface area contributed by atoms with Gasteiger partial charge in [-0.2, -0.15) is 4.98 Å². The average Bonchev–Trinajstić information content (AvgIpc) is 2.92. The fourth-order valence-corrected chi connectivity index (χ4v) is 4.10. The second-order valence-electron chi connectivity index (χ2n) is 4.94. The van der Waals surface area contributed by atoms with E-state index in [2.05, 4.69) is 53.1 Å². The van der Waals surface area contributed by atoms with Crippen LogP contribution in [-0.4, -0.2) is 36.2 Å². The van der Waals surface area contributed by atoms with Crippen LogP contribution in [0.15, 0.2) is 24.5 Å². The molecule has 0 saturated carbocycles. The summed E-state index contributed by atoms with van der Waals surface area (Å²) in [5.74, 6) is 0.691. The Morgan fingerprint density at radius 3 is 3.09 bits per heavy atom. The van der Waals surface area contributed by atoms with Gasteiger partial charge >= 0.3 is 0 Å². The third kappa shape index (κ3) is 2.21. The van der Waals surface area contributed by atoms with Gasteiger partial charge in [0, 0.05) is 12.7 Å². The maximum atomic E-state index is 9.59. The highest BCUT2D eigenvalue weighted by atomic mass is 127. The van der Waals surface area contributed by atoms with Crippen LogP contribution in [0.5, 0.6) is 5.88 Å². The van der Waals surface area contributed by atoms with Crippen molar-refractivity contribution in [1.29, 1.82) is 0 Å². The summed E-state index contributed by atoms with van der Waals surface area (Å²) in [7, 11) is 0. The lowest BCUT2D eigenvalue weighted by Gasteiger charge is -2.28. The second kappa shape index (κ2) is 5.58. The lowest BCUT2D eigenvalue weighted by molar-refractivity contribution is 0.453. The third-order valence-corrected chi connectivity index (χ3v) is 5.48. The van der Waals surface area contributed by atoms with Gasteiger partial charge in [0.25, 0.3) is 0 Å². The van der Waals surface area contributed by atoms with E-state index >= 15 is 0 Å². The molecular weight excluding hydrogens is 414 g/mol. The molecule has 1 unspecified atom stereocenters. The summed E-state index contributed by atoms with van der Waals surface area (Å²) >= 11 is 2.25. The van der Waals surface area contributed by atoms with Crippen molar-refractivity contribution >= 4 is 51.1 Å². The molecule has 9 heteroatoms. The molecule has 0 spiro atoms. The largest absolute Gasteiger partial charge is 0.492 e. The van der Waals surface area contributed by atoms with E-state index in [0.29, 0.717) is 17.5 Å². The number of aromatic nitrogens is 5. The van der Waals surface area contributed by atoms with Crippen LogP contribution in [0.25, 0.3) is 11.2 Å². The number of anilines is 2. The summed E-state index contributed by atoms with van der Waals surface area (Å²) in [5.41, 5.74) is 3.48. The lowest BCUT2D eigenvalue weighted by atomic mass is 10.1. The Hall–Kier alpha value is -1.54. The van der Waals surface area contributed by atoms with Gasteiger partial charge in [-0.3, -0.25) is 4.98 Å². The van der Waals surface area contributed by atoms with E-state index in [4.69, 9.17) is 0 Å². The monoisotopic (exact) mass is 426 g/mol. The molecule has 3 aromatic heterocycles. The first kappa shape index (κ1) is 14.1. The zero-order valence-corrected chi connectivity index (χ0v) is 14.6. The number of aromatic hydroxyl groups is 1. The van der Waals surface area contributed by atoms with Crippen LogP contribution < -0.4 is 4.90 Å². The molecule has 0 aromatic carbocycles. The molecule has 0 fully saturated rings. The molecule has 112 valence electrons. The van der Waals surface area contributed by atoms with Gasteiger partial charge < -0.3 is 10.0 Å². The first-order chi connectivity index (χ1) is 10.8. The molecule has 0 saturated heterocycles. The van der Waals surface area contributed by atoms with Crippen LogP contribution in [0.1, 0.15) is 12.1 Å². The van der Waals surface area contributed by atoms with Crippen LogP contribution in [0.3, 0.4) is 0 Å². The molecule has 0 aliphatic carbocycles. The van der Waals surface area contributed by atoms with Gasteiger partial charge in [0.05, 0.1) is 24.0 Å². The minimum atomic E-state index is -0.0874. The highest BCUT2D eigenvalue weighted by Crippen LogP contribution is 2.37. The Morgan fingerprint density at radius 1 is 1.32 bits per heavy atom. The number of hydrogen-bond donors (Lipinski definition) is 1. The van der Waals surface area contributed by atoms with Crippen LogP contribution in [-0.2, 0) is 6.42 Å². The van der Waals surface area contributed by atoms with E-state index in [1.165, 1.54) is 6.20 Å². The summed E-state index contributed by atoms with van der Waals surface area (Å²) in [5, 5.41) is 14.2. The molecule has 4 heterocycles. The SMILES string of the molecule is Oc1cnc2c(N3CCCc4ncccc43)nn(PI)c2n1. The predicted molar refractivity (Wildman–Crippen MR) is 94.3 cm³/mol. The highest BCUT2D eigenvalue weighted by Gasteiger charge is 2.25. The Balaban J connectivity index is 1.92. The number of hydrogen-bond acceptors (Lipinski definition) is 6. The quantitative estimate of drug-likeness (QED) is 0.502. The molecular formula is C13H12IN6OP. The number of aryl methyl sites for hydroxylation is 1. The van der Waals surface area contributed by atoms with E-state index < -0.39 is 0 Å². The van der Waals surface area contributed by atoms with E-state index in [1.807, 2.05) is 12.3 Å². The van der Waals surface area contributed by atoms with Gasteiger partial charge in [-0.25, -0.2) is 9.44 Å². The molecule has 0 radical (unpaired) electrons. The van der Waals surface area contributed by atoms with E-state index in [-0.39, 0.29) is 5.88 Å². The molecule has 0 bridgehead atoms. The van der Waals surface area contributed by atoms with Gasteiger partial charge in [0.15, 0.2) is 17.0 Å². The lowest BCUT2D eigenvalue weighted by Crippen LogP contribution is -2.25. The first-order valence-electron chi connectivity index (χ1n) is 6.81. The molecule has 3 aromatic rings. The molecule has 1 aliphatic heterocycles. The maximum absolute atomic E-state index is 9.59. The fraction of sp³-hybridized carbons (Fsp3) is 0.231. The van der Waals surface area contributed by atoms with Crippen molar-refractivity contribution in [3.63, 3.8) is 0 Å². The van der Waals surface area contributed by atoms with Gasteiger partial charge in [-0.15, -0.1) is 5.10 Å². The van der Waals surface area contributed by atoms with Gasteiger partial charge in [-0.05, 0) is 47.0 Å². The van der Waals surface area contributed by atoms with Crippen LogP contribution in [0, 0.1) is 0 Å². The number of halogens is 1. The normalized spacial score (nSPS) is 14.9. The Kier molecular flexibility index (Phi) is 3.57. The van der Waals surface area contributed by atoms with Crippen molar-refractivity contribution in [2.75, 3.05) is 11.4 Å². The summed E-state index contributed by atoms with van der Waals surface area (Å²) in [6.07, 6.45) is 5.58. The molecule has 7 nitrogen and oxygen atoms in total.